The van der Waals surface area contributed by atoms with Crippen LogP contribution >= 0.6 is 0 Å². The van der Waals surface area contributed by atoms with Gasteiger partial charge in [0.2, 0.25) is 6.79 Å². The molecule has 0 saturated carbocycles. The second-order valence-corrected chi connectivity index (χ2v) is 7.22. The standard InChI is InChI=1S/C22H21N5O3/c28-22(15-3-8-19-20(11-15)30-14-29-19)25-17-6-4-16(5-7-17)24-21-12-18(13-23-26-21)27-9-1-2-10-27/h3-8,11-13H,1-2,9-10,14H2,(H,24,26)(H,25,28). The van der Waals surface area contributed by atoms with Gasteiger partial charge in [-0.05, 0) is 55.3 Å². The number of carbonyl (C=O) groups excluding carboxylic acids is 1. The minimum Gasteiger partial charge on any atom is -0.454 e. The number of fused-ring (bicyclic) bond motifs is 1. The Bertz CT molecular complexity index is 1060. The van der Waals surface area contributed by atoms with Gasteiger partial charge in [0.05, 0.1) is 11.9 Å². The van der Waals surface area contributed by atoms with Crippen molar-refractivity contribution < 1.29 is 14.3 Å². The van der Waals surface area contributed by atoms with Crippen LogP contribution in [0.2, 0.25) is 0 Å². The summed E-state index contributed by atoms with van der Waals surface area (Å²) in [5.74, 6) is 1.72. The highest BCUT2D eigenvalue weighted by atomic mass is 16.7. The number of hydrogen-bond acceptors (Lipinski definition) is 7. The van der Waals surface area contributed by atoms with Gasteiger partial charge in [-0.15, -0.1) is 5.10 Å². The molecular weight excluding hydrogens is 382 g/mol. The van der Waals surface area contributed by atoms with Crippen LogP contribution in [0.15, 0.2) is 54.7 Å². The molecule has 0 bridgehead atoms. The molecule has 0 radical (unpaired) electrons. The number of ether oxygens (including phenoxy) is 2. The molecule has 30 heavy (non-hydrogen) atoms. The summed E-state index contributed by atoms with van der Waals surface area (Å²) in [4.78, 5) is 14.8. The molecule has 3 heterocycles. The monoisotopic (exact) mass is 403 g/mol. The molecule has 2 aliphatic rings. The molecule has 8 heteroatoms. The van der Waals surface area contributed by atoms with Crippen molar-refractivity contribution in [1.29, 1.82) is 0 Å². The Morgan fingerprint density at radius 3 is 2.53 bits per heavy atom. The lowest BCUT2D eigenvalue weighted by molar-refractivity contribution is 0.102. The number of amides is 1. The maximum atomic E-state index is 12.5. The molecule has 2 N–H and O–H groups in total. The van der Waals surface area contributed by atoms with Gasteiger partial charge in [0.25, 0.3) is 5.91 Å². The number of aromatic nitrogens is 2. The lowest BCUT2D eigenvalue weighted by Crippen LogP contribution is -2.18. The Labute approximate surface area is 173 Å². The molecule has 2 aromatic carbocycles. The van der Waals surface area contributed by atoms with Gasteiger partial charge in [-0.25, -0.2) is 0 Å². The van der Waals surface area contributed by atoms with Gasteiger partial charge in [-0.1, -0.05) is 0 Å². The topological polar surface area (TPSA) is 88.6 Å². The van der Waals surface area contributed by atoms with Crippen LogP contribution in [0.4, 0.5) is 22.9 Å². The van der Waals surface area contributed by atoms with E-state index < -0.39 is 0 Å². The highest BCUT2D eigenvalue weighted by molar-refractivity contribution is 6.04. The molecule has 5 rings (SSSR count). The molecule has 1 aromatic heterocycles. The molecular formula is C22H21N5O3. The lowest BCUT2D eigenvalue weighted by Gasteiger charge is -2.17. The van der Waals surface area contributed by atoms with E-state index in [9.17, 15) is 4.79 Å². The normalized spacial score (nSPS) is 14.6. The van der Waals surface area contributed by atoms with Gasteiger partial charge < -0.3 is 25.0 Å². The Balaban J connectivity index is 1.23. The van der Waals surface area contributed by atoms with E-state index in [1.807, 2.05) is 30.3 Å². The van der Waals surface area contributed by atoms with Gasteiger partial charge in [-0.3, -0.25) is 4.79 Å². The predicted octanol–water partition coefficient (Wildman–Crippen LogP) is 3.80. The molecule has 8 nitrogen and oxygen atoms in total. The summed E-state index contributed by atoms with van der Waals surface area (Å²) in [7, 11) is 0. The fourth-order valence-corrected chi connectivity index (χ4v) is 3.59. The molecule has 1 fully saturated rings. The zero-order chi connectivity index (χ0) is 20.3. The van der Waals surface area contributed by atoms with Gasteiger partial charge >= 0.3 is 0 Å². The molecule has 0 atom stereocenters. The van der Waals surface area contributed by atoms with Crippen molar-refractivity contribution in [3.8, 4) is 11.5 Å². The zero-order valence-electron chi connectivity index (χ0n) is 16.3. The first-order valence-corrected chi connectivity index (χ1v) is 9.90. The van der Waals surface area contributed by atoms with Crippen molar-refractivity contribution >= 4 is 28.8 Å². The van der Waals surface area contributed by atoms with Crippen molar-refractivity contribution in [2.45, 2.75) is 12.8 Å². The minimum atomic E-state index is -0.210. The van der Waals surface area contributed by atoms with Crippen LogP contribution in [0.1, 0.15) is 23.2 Å². The first-order valence-electron chi connectivity index (χ1n) is 9.90. The third kappa shape index (κ3) is 3.84. The van der Waals surface area contributed by atoms with Gasteiger partial charge in [0.1, 0.15) is 0 Å². The number of nitrogens with zero attached hydrogens (tertiary/aromatic N) is 3. The number of hydrogen-bond donors (Lipinski definition) is 2. The smallest absolute Gasteiger partial charge is 0.255 e. The minimum absolute atomic E-state index is 0.181. The van der Waals surface area contributed by atoms with E-state index in [4.69, 9.17) is 9.47 Å². The average molecular weight is 403 g/mol. The molecule has 0 aliphatic carbocycles. The average Bonchev–Trinajstić information content (AvgIpc) is 3.47. The molecule has 0 unspecified atom stereocenters. The third-order valence-electron chi connectivity index (χ3n) is 5.16. The number of rotatable bonds is 5. The van der Waals surface area contributed by atoms with Gasteiger partial charge in [-0.2, -0.15) is 5.10 Å². The fourth-order valence-electron chi connectivity index (χ4n) is 3.59. The van der Waals surface area contributed by atoms with E-state index >= 15 is 0 Å². The highest BCUT2D eigenvalue weighted by Gasteiger charge is 2.16. The zero-order valence-corrected chi connectivity index (χ0v) is 16.3. The summed E-state index contributed by atoms with van der Waals surface area (Å²) in [5.41, 5.74) is 3.15. The first-order chi connectivity index (χ1) is 14.7. The Kier molecular flexibility index (Phi) is 4.80. The summed E-state index contributed by atoms with van der Waals surface area (Å²) in [5, 5.41) is 14.4. The van der Waals surface area contributed by atoms with Crippen LogP contribution in [-0.4, -0.2) is 36.0 Å². The van der Waals surface area contributed by atoms with E-state index in [1.54, 1.807) is 24.4 Å². The summed E-state index contributed by atoms with van der Waals surface area (Å²) in [6, 6.07) is 14.6. The predicted molar refractivity (Wildman–Crippen MR) is 114 cm³/mol. The second kappa shape index (κ2) is 7.90. The molecule has 1 saturated heterocycles. The Morgan fingerprint density at radius 1 is 0.933 bits per heavy atom. The third-order valence-corrected chi connectivity index (χ3v) is 5.16. The fraction of sp³-hybridized carbons (Fsp3) is 0.227. The summed E-state index contributed by atoms with van der Waals surface area (Å²) in [6.07, 6.45) is 4.22. The van der Waals surface area contributed by atoms with Crippen LogP contribution in [0, 0.1) is 0 Å². The second-order valence-electron chi connectivity index (χ2n) is 7.22. The van der Waals surface area contributed by atoms with Crippen molar-refractivity contribution in [1.82, 2.24) is 10.2 Å². The maximum absolute atomic E-state index is 12.5. The van der Waals surface area contributed by atoms with Crippen molar-refractivity contribution in [2.24, 2.45) is 0 Å². The molecule has 3 aromatic rings. The van der Waals surface area contributed by atoms with Gasteiger partial charge in [0, 0.05) is 36.1 Å². The van der Waals surface area contributed by atoms with E-state index in [0.29, 0.717) is 28.6 Å². The SMILES string of the molecule is O=C(Nc1ccc(Nc2cc(N3CCCC3)cnn2)cc1)c1ccc2c(c1)OCO2. The Hall–Kier alpha value is -3.81. The molecule has 0 spiro atoms. The number of carbonyl (C=O) groups is 1. The maximum Gasteiger partial charge on any atom is 0.255 e. The van der Waals surface area contributed by atoms with E-state index in [0.717, 1.165) is 24.5 Å². The largest absolute Gasteiger partial charge is 0.454 e. The first kappa shape index (κ1) is 18.2. The summed E-state index contributed by atoms with van der Waals surface area (Å²) in [6.45, 7) is 2.30. The molecule has 1 amide bonds. The van der Waals surface area contributed by atoms with Crippen LogP contribution in [0.25, 0.3) is 0 Å². The van der Waals surface area contributed by atoms with Crippen LogP contribution in [0.5, 0.6) is 11.5 Å². The van der Waals surface area contributed by atoms with E-state index in [-0.39, 0.29) is 12.7 Å². The summed E-state index contributed by atoms with van der Waals surface area (Å²) >= 11 is 0. The number of anilines is 4. The molecule has 152 valence electrons. The highest BCUT2D eigenvalue weighted by Crippen LogP contribution is 2.32. The lowest BCUT2D eigenvalue weighted by atomic mass is 10.2. The van der Waals surface area contributed by atoms with Gasteiger partial charge in [0.15, 0.2) is 17.3 Å². The van der Waals surface area contributed by atoms with Crippen LogP contribution in [-0.2, 0) is 0 Å². The van der Waals surface area contributed by atoms with Crippen molar-refractivity contribution in [3.05, 3.63) is 60.3 Å². The quantitative estimate of drug-likeness (QED) is 0.670. The number of nitrogens with one attached hydrogen (secondary N) is 2. The van der Waals surface area contributed by atoms with Crippen LogP contribution in [0.3, 0.4) is 0 Å². The van der Waals surface area contributed by atoms with E-state index in [2.05, 4.69) is 25.7 Å². The van der Waals surface area contributed by atoms with Crippen molar-refractivity contribution in [3.63, 3.8) is 0 Å². The van der Waals surface area contributed by atoms with Crippen molar-refractivity contribution in [2.75, 3.05) is 35.4 Å². The Morgan fingerprint density at radius 2 is 1.70 bits per heavy atom. The van der Waals surface area contributed by atoms with E-state index in [1.165, 1.54) is 12.8 Å². The number of benzene rings is 2. The van der Waals surface area contributed by atoms with Crippen LogP contribution < -0.4 is 25.0 Å². The molecule has 2 aliphatic heterocycles. The summed E-state index contributed by atoms with van der Waals surface area (Å²) < 4.78 is 10.6.